The molecule has 0 saturated heterocycles. The summed E-state index contributed by atoms with van der Waals surface area (Å²) < 4.78 is 32.0. The molecule has 1 fully saturated rings. The Balaban J connectivity index is 1.84. The molecule has 24 heavy (non-hydrogen) atoms. The topological polar surface area (TPSA) is 84.5 Å². The van der Waals surface area contributed by atoms with Crippen LogP contribution in [0.1, 0.15) is 46.0 Å². The van der Waals surface area contributed by atoms with E-state index in [0.717, 1.165) is 25.7 Å². The van der Waals surface area contributed by atoms with Crippen LogP contribution in [0.15, 0.2) is 29.2 Å². The van der Waals surface area contributed by atoms with Crippen molar-refractivity contribution in [1.82, 2.24) is 10.0 Å². The smallest absolute Gasteiger partial charge is 0.258 e. The molecule has 1 aliphatic carbocycles. The summed E-state index contributed by atoms with van der Waals surface area (Å²) in [5.41, 5.74) is 0. The average molecular weight is 354 g/mol. The van der Waals surface area contributed by atoms with E-state index >= 15 is 0 Å². The lowest BCUT2D eigenvalue weighted by molar-refractivity contribution is -0.124. The normalized spacial score (nSPS) is 16.1. The van der Waals surface area contributed by atoms with Gasteiger partial charge in [0.2, 0.25) is 10.0 Å². The molecule has 0 aromatic heterocycles. The summed E-state index contributed by atoms with van der Waals surface area (Å²) in [7, 11) is -3.51. The van der Waals surface area contributed by atoms with Gasteiger partial charge in [0.1, 0.15) is 5.75 Å². The highest BCUT2D eigenvalue weighted by Gasteiger charge is 2.17. The van der Waals surface area contributed by atoms with Crippen LogP contribution in [0.3, 0.4) is 0 Å². The van der Waals surface area contributed by atoms with Crippen molar-refractivity contribution in [3.8, 4) is 5.75 Å². The second-order valence-corrected chi connectivity index (χ2v) is 8.15. The van der Waals surface area contributed by atoms with Crippen LogP contribution in [0.5, 0.6) is 5.75 Å². The molecule has 0 spiro atoms. The number of benzene rings is 1. The first-order chi connectivity index (χ1) is 11.4. The van der Waals surface area contributed by atoms with E-state index in [4.69, 9.17) is 4.74 Å². The predicted molar refractivity (Wildman–Crippen MR) is 92.4 cm³/mol. The maximum Gasteiger partial charge on any atom is 0.258 e. The van der Waals surface area contributed by atoms with Gasteiger partial charge in [-0.1, -0.05) is 19.3 Å². The summed E-state index contributed by atoms with van der Waals surface area (Å²) in [6.45, 7) is 3.47. The Bertz CT molecular complexity index is 635. The first-order valence-electron chi connectivity index (χ1n) is 8.41. The first-order valence-corrected chi connectivity index (χ1v) is 9.90. The SMILES string of the molecule is CC(C)NS(=O)(=O)c1ccc(OCC(=O)NC2CCCCC2)cc1. The molecule has 0 radical (unpaired) electrons. The van der Waals surface area contributed by atoms with Crippen molar-refractivity contribution in [2.75, 3.05) is 6.61 Å². The van der Waals surface area contributed by atoms with E-state index in [9.17, 15) is 13.2 Å². The number of nitrogens with one attached hydrogen (secondary N) is 2. The molecule has 134 valence electrons. The number of hydrogen-bond acceptors (Lipinski definition) is 4. The molecule has 0 bridgehead atoms. The number of carbonyl (C=O) groups is 1. The Hall–Kier alpha value is -1.60. The summed E-state index contributed by atoms with van der Waals surface area (Å²) in [6, 6.07) is 6.14. The highest BCUT2D eigenvalue weighted by atomic mass is 32.2. The summed E-state index contributed by atoms with van der Waals surface area (Å²) in [5.74, 6) is 0.331. The standard InChI is InChI=1S/C17H26N2O4S/c1-13(2)19-24(21,22)16-10-8-15(9-11-16)23-12-17(20)18-14-6-4-3-5-7-14/h8-11,13-14,19H,3-7,12H2,1-2H3,(H,18,20). The third kappa shape index (κ3) is 5.79. The summed E-state index contributed by atoms with van der Waals surface area (Å²) in [5, 5.41) is 2.98. The zero-order chi connectivity index (χ0) is 17.6. The fourth-order valence-electron chi connectivity index (χ4n) is 2.76. The van der Waals surface area contributed by atoms with Crippen LogP contribution in [0.4, 0.5) is 0 Å². The first kappa shape index (κ1) is 18.7. The number of sulfonamides is 1. The number of amides is 1. The van der Waals surface area contributed by atoms with Crippen molar-refractivity contribution >= 4 is 15.9 Å². The molecule has 1 aliphatic rings. The average Bonchev–Trinajstić information content (AvgIpc) is 2.53. The summed E-state index contributed by atoms with van der Waals surface area (Å²) in [6.07, 6.45) is 5.62. The van der Waals surface area contributed by atoms with Gasteiger partial charge in [-0.15, -0.1) is 0 Å². The number of rotatable bonds is 7. The Kier molecular flexibility index (Phi) is 6.62. The molecule has 2 N–H and O–H groups in total. The van der Waals surface area contributed by atoms with Crippen LogP contribution in [0.2, 0.25) is 0 Å². The van der Waals surface area contributed by atoms with Gasteiger partial charge >= 0.3 is 0 Å². The Morgan fingerprint density at radius 1 is 1.17 bits per heavy atom. The van der Waals surface area contributed by atoms with Crippen LogP contribution in [-0.2, 0) is 14.8 Å². The third-order valence-corrected chi connectivity index (χ3v) is 5.54. The Morgan fingerprint density at radius 3 is 2.38 bits per heavy atom. The molecule has 1 amide bonds. The van der Waals surface area contributed by atoms with E-state index in [1.54, 1.807) is 26.0 Å². The minimum absolute atomic E-state index is 0.0627. The minimum Gasteiger partial charge on any atom is -0.484 e. The van der Waals surface area contributed by atoms with E-state index in [1.165, 1.54) is 18.6 Å². The lowest BCUT2D eigenvalue weighted by Gasteiger charge is -2.22. The number of hydrogen-bond donors (Lipinski definition) is 2. The number of carbonyl (C=O) groups excluding carboxylic acids is 1. The highest BCUT2D eigenvalue weighted by molar-refractivity contribution is 7.89. The van der Waals surface area contributed by atoms with E-state index in [-0.39, 0.29) is 29.5 Å². The van der Waals surface area contributed by atoms with Crippen molar-refractivity contribution < 1.29 is 17.9 Å². The Labute approximate surface area is 144 Å². The maximum absolute atomic E-state index is 12.0. The van der Waals surface area contributed by atoms with Gasteiger partial charge in [-0.2, -0.15) is 0 Å². The van der Waals surface area contributed by atoms with Gasteiger partial charge in [-0.05, 0) is 51.0 Å². The van der Waals surface area contributed by atoms with Crippen molar-refractivity contribution in [2.24, 2.45) is 0 Å². The van der Waals surface area contributed by atoms with E-state index < -0.39 is 10.0 Å². The third-order valence-electron chi connectivity index (χ3n) is 3.87. The summed E-state index contributed by atoms with van der Waals surface area (Å²) >= 11 is 0. The fraction of sp³-hybridized carbons (Fsp3) is 0.588. The van der Waals surface area contributed by atoms with Gasteiger partial charge < -0.3 is 10.1 Å². The maximum atomic E-state index is 12.0. The lowest BCUT2D eigenvalue weighted by Crippen LogP contribution is -2.38. The molecule has 6 nitrogen and oxygen atoms in total. The van der Waals surface area contributed by atoms with Crippen molar-refractivity contribution in [3.63, 3.8) is 0 Å². The monoisotopic (exact) mass is 354 g/mol. The minimum atomic E-state index is -3.51. The molecule has 0 heterocycles. The van der Waals surface area contributed by atoms with Gasteiger partial charge in [0.15, 0.2) is 6.61 Å². The zero-order valence-corrected chi connectivity index (χ0v) is 15.1. The fourth-order valence-corrected chi connectivity index (χ4v) is 4.01. The molecular formula is C17H26N2O4S. The molecule has 1 aromatic carbocycles. The van der Waals surface area contributed by atoms with Crippen molar-refractivity contribution in [1.29, 1.82) is 0 Å². The van der Waals surface area contributed by atoms with Crippen LogP contribution in [-0.4, -0.2) is 33.0 Å². The van der Waals surface area contributed by atoms with Gasteiger partial charge in [0.25, 0.3) is 5.91 Å². The molecule has 0 atom stereocenters. The molecular weight excluding hydrogens is 328 g/mol. The van der Waals surface area contributed by atoms with Crippen LogP contribution in [0, 0.1) is 0 Å². The molecule has 1 saturated carbocycles. The quantitative estimate of drug-likeness (QED) is 0.786. The van der Waals surface area contributed by atoms with Crippen molar-refractivity contribution in [2.45, 2.75) is 62.9 Å². The second-order valence-electron chi connectivity index (χ2n) is 6.44. The van der Waals surface area contributed by atoms with Gasteiger partial charge in [0, 0.05) is 12.1 Å². The highest BCUT2D eigenvalue weighted by Crippen LogP contribution is 2.18. The number of ether oxygens (including phenoxy) is 1. The van der Waals surface area contributed by atoms with Crippen molar-refractivity contribution in [3.05, 3.63) is 24.3 Å². The molecule has 2 rings (SSSR count). The second kappa shape index (κ2) is 8.48. The largest absolute Gasteiger partial charge is 0.484 e. The molecule has 0 unspecified atom stereocenters. The molecule has 0 aliphatic heterocycles. The van der Waals surface area contributed by atoms with E-state index in [1.807, 2.05) is 0 Å². The Morgan fingerprint density at radius 2 is 1.79 bits per heavy atom. The van der Waals surface area contributed by atoms with Crippen LogP contribution >= 0.6 is 0 Å². The van der Waals surface area contributed by atoms with Gasteiger partial charge in [0.05, 0.1) is 4.90 Å². The van der Waals surface area contributed by atoms with Crippen LogP contribution < -0.4 is 14.8 Å². The lowest BCUT2D eigenvalue weighted by atomic mass is 9.95. The molecule has 1 aromatic rings. The zero-order valence-electron chi connectivity index (χ0n) is 14.2. The summed E-state index contributed by atoms with van der Waals surface area (Å²) in [4.78, 5) is 12.1. The molecule has 7 heteroatoms. The van der Waals surface area contributed by atoms with Gasteiger partial charge in [-0.25, -0.2) is 13.1 Å². The van der Waals surface area contributed by atoms with E-state index in [0.29, 0.717) is 5.75 Å². The van der Waals surface area contributed by atoms with E-state index in [2.05, 4.69) is 10.0 Å². The van der Waals surface area contributed by atoms with Crippen LogP contribution in [0.25, 0.3) is 0 Å². The van der Waals surface area contributed by atoms with Gasteiger partial charge in [-0.3, -0.25) is 4.79 Å². The predicted octanol–water partition coefficient (Wildman–Crippen LogP) is 2.20.